The molecule has 1 rings (SSSR count). The van der Waals surface area contributed by atoms with E-state index < -0.39 is 12.0 Å². The molecule has 0 heterocycles. The molecule has 0 saturated carbocycles. The summed E-state index contributed by atoms with van der Waals surface area (Å²) >= 11 is 5.86. The topological polar surface area (TPSA) is 66.4 Å². The first-order valence-corrected chi connectivity index (χ1v) is 7.02. The van der Waals surface area contributed by atoms with Crippen LogP contribution in [0.25, 0.3) is 6.08 Å². The molecule has 1 aromatic carbocycles. The van der Waals surface area contributed by atoms with Gasteiger partial charge in [0.15, 0.2) is 0 Å². The van der Waals surface area contributed by atoms with Gasteiger partial charge in [0.2, 0.25) is 5.91 Å². The largest absolute Gasteiger partial charge is 0.481 e. The Kier molecular flexibility index (Phi) is 5.97. The van der Waals surface area contributed by atoms with Crippen molar-refractivity contribution in [3.05, 3.63) is 40.9 Å². The number of halogens is 1. The Morgan fingerprint density at radius 1 is 1.38 bits per heavy atom. The van der Waals surface area contributed by atoms with Crippen molar-refractivity contribution in [1.82, 2.24) is 5.32 Å². The van der Waals surface area contributed by atoms with Gasteiger partial charge in [0.25, 0.3) is 0 Å². The number of carboxylic acid groups (broad SMARTS) is 1. The van der Waals surface area contributed by atoms with Crippen LogP contribution in [0.4, 0.5) is 0 Å². The van der Waals surface area contributed by atoms with Crippen LogP contribution in [0.15, 0.2) is 30.3 Å². The zero-order valence-electron chi connectivity index (χ0n) is 12.4. The molecule has 0 aliphatic heterocycles. The summed E-state index contributed by atoms with van der Waals surface area (Å²) in [6, 6.07) is 6.67. The number of rotatable bonds is 5. The normalized spacial score (nSPS) is 13.1. The van der Waals surface area contributed by atoms with Crippen molar-refractivity contribution in [1.29, 1.82) is 0 Å². The molecule has 0 radical (unpaired) electrons. The van der Waals surface area contributed by atoms with Gasteiger partial charge in [-0.3, -0.25) is 9.59 Å². The summed E-state index contributed by atoms with van der Waals surface area (Å²) in [6.07, 6.45) is 2.91. The fraction of sp³-hybridized carbons (Fsp3) is 0.375. The monoisotopic (exact) mass is 309 g/mol. The summed E-state index contributed by atoms with van der Waals surface area (Å²) in [5, 5.41) is 12.2. The zero-order valence-corrected chi connectivity index (χ0v) is 13.1. The van der Waals surface area contributed by atoms with E-state index in [2.05, 4.69) is 5.32 Å². The highest BCUT2D eigenvalue weighted by atomic mass is 35.5. The molecule has 0 aliphatic carbocycles. The minimum absolute atomic E-state index is 0.111. The van der Waals surface area contributed by atoms with E-state index in [1.54, 1.807) is 24.3 Å². The minimum Gasteiger partial charge on any atom is -0.481 e. The Balaban J connectivity index is 2.72. The molecule has 21 heavy (non-hydrogen) atoms. The van der Waals surface area contributed by atoms with E-state index in [0.29, 0.717) is 5.02 Å². The number of carbonyl (C=O) groups excluding carboxylic acids is 1. The van der Waals surface area contributed by atoms with Gasteiger partial charge in [-0.15, -0.1) is 0 Å². The minimum atomic E-state index is -0.936. The molecule has 5 heteroatoms. The Hall–Kier alpha value is -1.81. The van der Waals surface area contributed by atoms with Crippen LogP contribution in [0.3, 0.4) is 0 Å². The average molecular weight is 310 g/mol. The predicted octanol–water partition coefficient (Wildman–Crippen LogP) is 3.36. The maximum absolute atomic E-state index is 11.9. The lowest BCUT2D eigenvalue weighted by Gasteiger charge is -2.29. The fourth-order valence-corrected chi connectivity index (χ4v) is 1.95. The number of carboxylic acids is 1. The van der Waals surface area contributed by atoms with Gasteiger partial charge in [-0.25, -0.2) is 0 Å². The van der Waals surface area contributed by atoms with Crippen molar-refractivity contribution in [2.45, 2.75) is 33.2 Å². The van der Waals surface area contributed by atoms with Crippen LogP contribution >= 0.6 is 11.6 Å². The molecule has 0 saturated heterocycles. The molecule has 1 aromatic rings. The number of aliphatic carboxylic acids is 1. The lowest BCUT2D eigenvalue weighted by atomic mass is 9.84. The molecule has 0 fully saturated rings. The number of hydrogen-bond donors (Lipinski definition) is 2. The Labute approximate surface area is 129 Å². The number of carbonyl (C=O) groups is 2. The summed E-state index contributed by atoms with van der Waals surface area (Å²) < 4.78 is 0. The third-order valence-electron chi connectivity index (χ3n) is 3.02. The third kappa shape index (κ3) is 6.45. The van der Waals surface area contributed by atoms with Crippen molar-refractivity contribution >= 4 is 29.6 Å². The summed E-state index contributed by atoms with van der Waals surface area (Å²) in [4.78, 5) is 22.8. The molecular formula is C16H20ClNO3. The number of nitrogens with one attached hydrogen (secondary N) is 1. The van der Waals surface area contributed by atoms with Gasteiger partial charge >= 0.3 is 5.97 Å². The molecule has 1 amide bonds. The Morgan fingerprint density at radius 2 is 2.05 bits per heavy atom. The van der Waals surface area contributed by atoms with Gasteiger partial charge < -0.3 is 10.4 Å². The molecule has 1 unspecified atom stereocenters. The summed E-state index contributed by atoms with van der Waals surface area (Å²) in [7, 11) is 0. The third-order valence-corrected chi connectivity index (χ3v) is 3.25. The summed E-state index contributed by atoms with van der Waals surface area (Å²) in [5.74, 6) is -1.26. The highest BCUT2D eigenvalue weighted by Gasteiger charge is 2.27. The summed E-state index contributed by atoms with van der Waals surface area (Å²) in [6.45, 7) is 5.67. The van der Waals surface area contributed by atoms with Gasteiger partial charge in [0.1, 0.15) is 0 Å². The second-order valence-corrected chi connectivity index (χ2v) is 6.35. The number of benzene rings is 1. The van der Waals surface area contributed by atoms with Crippen molar-refractivity contribution < 1.29 is 14.7 Å². The predicted molar refractivity (Wildman–Crippen MR) is 84.1 cm³/mol. The van der Waals surface area contributed by atoms with E-state index in [1.165, 1.54) is 6.08 Å². The highest BCUT2D eigenvalue weighted by Crippen LogP contribution is 2.22. The first-order chi connectivity index (χ1) is 9.68. The van der Waals surface area contributed by atoms with Crippen molar-refractivity contribution in [3.63, 3.8) is 0 Å². The van der Waals surface area contributed by atoms with E-state index in [9.17, 15) is 9.59 Å². The average Bonchev–Trinajstić information content (AvgIpc) is 2.34. The van der Waals surface area contributed by atoms with Gasteiger partial charge in [-0.1, -0.05) is 44.5 Å². The van der Waals surface area contributed by atoms with E-state index >= 15 is 0 Å². The SMILES string of the molecule is CC(C)(C)C(CC(=O)O)NC(=O)/C=C/c1cccc(Cl)c1. The molecule has 0 spiro atoms. The molecule has 2 N–H and O–H groups in total. The standard InChI is InChI=1S/C16H20ClNO3/c1-16(2,3)13(10-15(20)21)18-14(19)8-7-11-5-4-6-12(17)9-11/h4-9,13H,10H2,1-3H3,(H,18,19)(H,20,21)/b8-7+. The number of hydrogen-bond acceptors (Lipinski definition) is 2. The Morgan fingerprint density at radius 3 is 2.57 bits per heavy atom. The lowest BCUT2D eigenvalue weighted by Crippen LogP contribution is -2.44. The van der Waals surface area contributed by atoms with Gasteiger partial charge in [0.05, 0.1) is 6.42 Å². The maximum Gasteiger partial charge on any atom is 0.305 e. The molecule has 1 atom stereocenters. The molecule has 114 valence electrons. The molecule has 0 aliphatic rings. The van der Waals surface area contributed by atoms with Crippen molar-refractivity contribution in [3.8, 4) is 0 Å². The fourth-order valence-electron chi connectivity index (χ4n) is 1.75. The maximum atomic E-state index is 11.9. The van der Waals surface area contributed by atoms with Crippen LogP contribution in [-0.2, 0) is 9.59 Å². The van der Waals surface area contributed by atoms with Crippen LogP contribution in [-0.4, -0.2) is 23.0 Å². The highest BCUT2D eigenvalue weighted by molar-refractivity contribution is 6.30. The van der Waals surface area contributed by atoms with Crippen LogP contribution in [0, 0.1) is 5.41 Å². The Bertz CT molecular complexity index is 547. The van der Waals surface area contributed by atoms with Crippen molar-refractivity contribution in [2.75, 3.05) is 0 Å². The first-order valence-electron chi connectivity index (χ1n) is 6.64. The van der Waals surface area contributed by atoms with Crippen LogP contribution in [0.5, 0.6) is 0 Å². The van der Waals surface area contributed by atoms with Gasteiger partial charge in [-0.2, -0.15) is 0 Å². The van der Waals surface area contributed by atoms with E-state index in [-0.39, 0.29) is 17.7 Å². The van der Waals surface area contributed by atoms with Crippen LogP contribution in [0.1, 0.15) is 32.8 Å². The molecule has 0 aromatic heterocycles. The smallest absolute Gasteiger partial charge is 0.305 e. The zero-order chi connectivity index (χ0) is 16.0. The lowest BCUT2D eigenvalue weighted by molar-refractivity contribution is -0.138. The number of amides is 1. The van der Waals surface area contributed by atoms with Gasteiger partial charge in [-0.05, 0) is 29.2 Å². The van der Waals surface area contributed by atoms with E-state index in [1.807, 2.05) is 26.8 Å². The van der Waals surface area contributed by atoms with Crippen molar-refractivity contribution in [2.24, 2.45) is 5.41 Å². The van der Waals surface area contributed by atoms with E-state index in [4.69, 9.17) is 16.7 Å². The summed E-state index contributed by atoms with van der Waals surface area (Å²) in [5.41, 5.74) is 0.473. The first kappa shape index (κ1) is 17.2. The van der Waals surface area contributed by atoms with Crippen LogP contribution < -0.4 is 5.32 Å². The van der Waals surface area contributed by atoms with E-state index in [0.717, 1.165) is 5.56 Å². The molecule has 0 bridgehead atoms. The molecular weight excluding hydrogens is 290 g/mol. The second kappa shape index (κ2) is 7.27. The second-order valence-electron chi connectivity index (χ2n) is 5.91. The quantitative estimate of drug-likeness (QED) is 0.820. The van der Waals surface area contributed by atoms with Gasteiger partial charge in [0, 0.05) is 17.1 Å². The molecule has 4 nitrogen and oxygen atoms in total. The van der Waals surface area contributed by atoms with Crippen LogP contribution in [0.2, 0.25) is 5.02 Å².